The molecule has 3 rings (SSSR count). The van der Waals surface area contributed by atoms with Crippen LogP contribution in [0, 0.1) is 0 Å². The molecule has 2 aliphatic rings. The van der Waals surface area contributed by atoms with Crippen molar-refractivity contribution in [2.75, 3.05) is 13.2 Å². The normalized spacial score (nSPS) is 36.8. The Balaban J connectivity index is 1.91. The van der Waals surface area contributed by atoms with Gasteiger partial charge in [0.05, 0.1) is 19.3 Å². The van der Waals surface area contributed by atoms with Crippen molar-refractivity contribution in [2.45, 2.75) is 37.6 Å². The second-order valence-electron chi connectivity index (χ2n) is 5.05. The predicted octanol–water partition coefficient (Wildman–Crippen LogP) is -1.05. The van der Waals surface area contributed by atoms with Crippen molar-refractivity contribution in [1.29, 1.82) is 0 Å². The van der Waals surface area contributed by atoms with Gasteiger partial charge in [0.2, 0.25) is 0 Å². The zero-order valence-corrected chi connectivity index (χ0v) is 10.9. The quantitative estimate of drug-likeness (QED) is 0.718. The topological polar surface area (TPSA) is 103 Å². The predicted molar refractivity (Wildman–Crippen MR) is 66.2 cm³/mol. The molecule has 110 valence electrons. The van der Waals surface area contributed by atoms with Crippen LogP contribution in [0.15, 0.2) is 21.9 Å². The lowest BCUT2D eigenvalue weighted by atomic mass is 9.97. The molecule has 0 unspecified atom stereocenters. The van der Waals surface area contributed by atoms with Gasteiger partial charge in [0.15, 0.2) is 6.29 Å². The largest absolute Gasteiger partial charge is 0.393 e. The van der Waals surface area contributed by atoms with E-state index >= 15 is 0 Å². The molecule has 4 atom stereocenters. The van der Waals surface area contributed by atoms with Crippen LogP contribution >= 0.6 is 0 Å². The first-order valence-corrected chi connectivity index (χ1v) is 6.41. The van der Waals surface area contributed by atoms with Gasteiger partial charge >= 0.3 is 5.69 Å². The first kappa shape index (κ1) is 13.5. The minimum atomic E-state index is -0.966. The van der Waals surface area contributed by atoms with Crippen LogP contribution in [0.25, 0.3) is 0 Å². The maximum atomic E-state index is 11.8. The molecule has 0 amide bonds. The highest BCUT2D eigenvalue weighted by molar-refractivity contribution is 4.99. The van der Waals surface area contributed by atoms with Crippen LogP contribution in [0.3, 0.4) is 0 Å². The van der Waals surface area contributed by atoms with Gasteiger partial charge in [0.1, 0.15) is 11.8 Å². The van der Waals surface area contributed by atoms with Crippen molar-refractivity contribution in [3.8, 4) is 0 Å². The summed E-state index contributed by atoms with van der Waals surface area (Å²) in [6.07, 6.45) is 0.429. The summed E-state index contributed by atoms with van der Waals surface area (Å²) in [4.78, 5) is 25.0. The fourth-order valence-electron chi connectivity index (χ4n) is 2.64. The van der Waals surface area contributed by atoms with E-state index in [0.717, 1.165) is 0 Å². The van der Waals surface area contributed by atoms with Gasteiger partial charge in [-0.1, -0.05) is 0 Å². The van der Waals surface area contributed by atoms with Gasteiger partial charge in [0.25, 0.3) is 5.56 Å². The summed E-state index contributed by atoms with van der Waals surface area (Å²) in [7, 11) is 0. The van der Waals surface area contributed by atoms with Crippen molar-refractivity contribution in [2.24, 2.45) is 0 Å². The van der Waals surface area contributed by atoms with Gasteiger partial charge < -0.3 is 19.3 Å². The van der Waals surface area contributed by atoms with E-state index in [1.165, 1.54) is 16.8 Å². The summed E-state index contributed by atoms with van der Waals surface area (Å²) in [6.45, 7) is 1.70. The number of rotatable bonds is 2. The molecule has 1 aromatic rings. The number of ether oxygens (including phenoxy) is 3. The number of aliphatic hydroxyl groups excluding tert-OH is 1. The number of nitrogens with one attached hydrogen (secondary N) is 1. The summed E-state index contributed by atoms with van der Waals surface area (Å²) < 4.78 is 18.1. The number of hydrogen-bond donors (Lipinski definition) is 2. The third-order valence-corrected chi connectivity index (χ3v) is 3.72. The Labute approximate surface area is 113 Å². The average molecular weight is 284 g/mol. The molecule has 0 aromatic carbocycles. The molecule has 1 aromatic heterocycles. The van der Waals surface area contributed by atoms with E-state index in [1.807, 2.05) is 0 Å². The van der Waals surface area contributed by atoms with Crippen LogP contribution in [0.1, 0.15) is 19.6 Å². The molecule has 2 aliphatic heterocycles. The molecule has 0 saturated carbocycles. The van der Waals surface area contributed by atoms with Crippen molar-refractivity contribution in [1.82, 2.24) is 9.55 Å². The van der Waals surface area contributed by atoms with E-state index in [9.17, 15) is 14.7 Å². The number of H-pyrrole nitrogens is 1. The number of aliphatic hydroxyl groups is 1. The second kappa shape index (κ2) is 4.81. The molecule has 2 fully saturated rings. The van der Waals surface area contributed by atoms with Gasteiger partial charge in [-0.2, -0.15) is 0 Å². The van der Waals surface area contributed by atoms with Crippen molar-refractivity contribution in [3.63, 3.8) is 0 Å². The van der Waals surface area contributed by atoms with Crippen LogP contribution in [-0.2, 0) is 14.2 Å². The van der Waals surface area contributed by atoms with Crippen LogP contribution in [0.4, 0.5) is 0 Å². The Kier molecular flexibility index (Phi) is 3.25. The standard InChI is InChI=1S/C12H16N2O6/c1-7-18-6-12(5-15)8(19-7)4-10(20-12)14-3-2-9(16)13-11(14)17/h2-3,7-8,10,15H,4-6H2,1H3,(H,13,16,17)/t7-,8-,10+,12-/m0/s1. The van der Waals surface area contributed by atoms with Gasteiger partial charge in [-0.25, -0.2) is 4.79 Å². The molecule has 2 saturated heterocycles. The smallest absolute Gasteiger partial charge is 0.330 e. The summed E-state index contributed by atoms with van der Waals surface area (Å²) >= 11 is 0. The van der Waals surface area contributed by atoms with Gasteiger partial charge in [-0.3, -0.25) is 14.3 Å². The first-order chi connectivity index (χ1) is 9.54. The Morgan fingerprint density at radius 3 is 3.05 bits per heavy atom. The summed E-state index contributed by atoms with van der Waals surface area (Å²) in [5.74, 6) is 0. The Morgan fingerprint density at radius 2 is 2.35 bits per heavy atom. The van der Waals surface area contributed by atoms with Crippen LogP contribution in [0.5, 0.6) is 0 Å². The Hall–Kier alpha value is -1.48. The van der Waals surface area contributed by atoms with Crippen LogP contribution in [-0.4, -0.2) is 45.9 Å². The van der Waals surface area contributed by atoms with Gasteiger partial charge in [-0.05, 0) is 6.92 Å². The molecule has 3 heterocycles. The number of nitrogens with zero attached hydrogens (tertiary/aromatic N) is 1. The van der Waals surface area contributed by atoms with Gasteiger partial charge in [-0.15, -0.1) is 0 Å². The lowest BCUT2D eigenvalue weighted by Gasteiger charge is -2.38. The molecule has 0 radical (unpaired) electrons. The molecule has 0 bridgehead atoms. The number of aromatic amines is 1. The summed E-state index contributed by atoms with van der Waals surface area (Å²) in [5, 5.41) is 9.59. The lowest BCUT2D eigenvalue weighted by Crippen LogP contribution is -2.54. The third-order valence-electron chi connectivity index (χ3n) is 3.72. The van der Waals surface area contributed by atoms with Crippen molar-refractivity contribution >= 4 is 0 Å². The van der Waals surface area contributed by atoms with E-state index in [0.29, 0.717) is 6.42 Å². The summed E-state index contributed by atoms with van der Waals surface area (Å²) in [5.41, 5.74) is -1.98. The van der Waals surface area contributed by atoms with E-state index in [4.69, 9.17) is 14.2 Å². The molecule has 2 N–H and O–H groups in total. The van der Waals surface area contributed by atoms with E-state index < -0.39 is 23.1 Å². The van der Waals surface area contributed by atoms with E-state index in [2.05, 4.69) is 4.98 Å². The fourth-order valence-corrected chi connectivity index (χ4v) is 2.64. The molecule has 0 aliphatic carbocycles. The van der Waals surface area contributed by atoms with Gasteiger partial charge in [0, 0.05) is 18.7 Å². The molecule has 20 heavy (non-hydrogen) atoms. The zero-order chi connectivity index (χ0) is 14.3. The highest BCUT2D eigenvalue weighted by Gasteiger charge is 2.53. The van der Waals surface area contributed by atoms with Crippen molar-refractivity contribution in [3.05, 3.63) is 33.1 Å². The molecule has 0 spiro atoms. The second-order valence-corrected chi connectivity index (χ2v) is 5.05. The maximum Gasteiger partial charge on any atom is 0.330 e. The molecular formula is C12H16N2O6. The molecular weight excluding hydrogens is 268 g/mol. The minimum absolute atomic E-state index is 0.198. The lowest BCUT2D eigenvalue weighted by molar-refractivity contribution is -0.280. The monoisotopic (exact) mass is 284 g/mol. The zero-order valence-electron chi connectivity index (χ0n) is 10.9. The number of aromatic nitrogens is 2. The van der Waals surface area contributed by atoms with E-state index in [-0.39, 0.29) is 25.6 Å². The minimum Gasteiger partial charge on any atom is -0.393 e. The SMILES string of the molecule is C[C@H]1OC[C@]2(CO)O[C@@H](n3ccc(=O)[nH]c3=O)C[C@@H]2O1. The van der Waals surface area contributed by atoms with E-state index in [1.54, 1.807) is 6.92 Å². The number of hydrogen-bond acceptors (Lipinski definition) is 6. The highest BCUT2D eigenvalue weighted by Crippen LogP contribution is 2.41. The average Bonchev–Trinajstić information content (AvgIpc) is 2.77. The van der Waals surface area contributed by atoms with Crippen molar-refractivity contribution < 1.29 is 19.3 Å². The van der Waals surface area contributed by atoms with Crippen LogP contribution in [0.2, 0.25) is 0 Å². The first-order valence-electron chi connectivity index (χ1n) is 6.41. The molecule has 8 nitrogen and oxygen atoms in total. The summed E-state index contributed by atoms with van der Waals surface area (Å²) in [6, 6.07) is 1.25. The third kappa shape index (κ3) is 2.10. The maximum absolute atomic E-state index is 11.8. The number of fused-ring (bicyclic) bond motifs is 1. The molecule has 8 heteroatoms. The fraction of sp³-hybridized carbons (Fsp3) is 0.667. The Bertz CT molecular complexity index is 610. The highest BCUT2D eigenvalue weighted by atomic mass is 16.7. The van der Waals surface area contributed by atoms with Crippen LogP contribution < -0.4 is 11.2 Å². The Morgan fingerprint density at radius 1 is 1.55 bits per heavy atom.